The first kappa shape index (κ1) is 26.6. The number of hydrogen-bond donors (Lipinski definition) is 1. The number of methoxy groups -OCH3 is 1. The molecule has 0 aliphatic carbocycles. The van der Waals surface area contributed by atoms with Crippen LogP contribution in [0.5, 0.6) is 5.75 Å². The molecule has 3 aliphatic heterocycles. The van der Waals surface area contributed by atoms with Crippen LogP contribution in [0.15, 0.2) is 41.8 Å². The zero-order valence-corrected chi connectivity index (χ0v) is 22.7. The summed E-state index contributed by atoms with van der Waals surface area (Å²) in [5.41, 5.74) is 0.468. The van der Waals surface area contributed by atoms with Gasteiger partial charge in [0.25, 0.3) is 11.8 Å². The molecular weight excluding hydrogens is 504 g/mol. The smallest absolute Gasteiger partial charge is 0.264 e. The summed E-state index contributed by atoms with van der Waals surface area (Å²) >= 11 is 1.41. The number of amides is 3. The maximum Gasteiger partial charge on any atom is 0.264 e. The second-order valence-electron chi connectivity index (χ2n) is 10.1. The number of carbonyl (C=O) groups is 3. The fourth-order valence-corrected chi connectivity index (χ4v) is 6.32. The van der Waals surface area contributed by atoms with Gasteiger partial charge >= 0.3 is 0 Å². The first-order chi connectivity index (χ1) is 18.5. The summed E-state index contributed by atoms with van der Waals surface area (Å²) in [4.78, 5) is 47.5. The van der Waals surface area contributed by atoms with E-state index in [-0.39, 0.29) is 29.9 Å². The van der Waals surface area contributed by atoms with E-state index in [9.17, 15) is 14.4 Å². The molecular formula is C28H36N4O5S. The molecule has 38 heavy (non-hydrogen) atoms. The minimum Gasteiger partial charge on any atom is -0.497 e. The van der Waals surface area contributed by atoms with E-state index in [1.54, 1.807) is 36.3 Å². The van der Waals surface area contributed by atoms with Gasteiger partial charge in [-0.05, 0) is 61.9 Å². The summed E-state index contributed by atoms with van der Waals surface area (Å²) in [6.07, 6.45) is 3.11. The van der Waals surface area contributed by atoms with E-state index in [0.29, 0.717) is 55.4 Å². The van der Waals surface area contributed by atoms with E-state index in [4.69, 9.17) is 9.47 Å². The van der Waals surface area contributed by atoms with Gasteiger partial charge in [0.05, 0.1) is 24.1 Å². The van der Waals surface area contributed by atoms with Crippen molar-refractivity contribution in [1.82, 2.24) is 20.0 Å². The fourth-order valence-electron chi connectivity index (χ4n) is 5.64. The van der Waals surface area contributed by atoms with Crippen molar-refractivity contribution >= 4 is 29.1 Å². The van der Waals surface area contributed by atoms with Crippen molar-refractivity contribution in [2.24, 2.45) is 0 Å². The third-order valence-corrected chi connectivity index (χ3v) is 8.51. The summed E-state index contributed by atoms with van der Waals surface area (Å²) in [7, 11) is 1.56. The van der Waals surface area contributed by atoms with E-state index >= 15 is 0 Å². The third kappa shape index (κ3) is 5.87. The standard InChI is InChI=1S/C28H36N4O5S/c1-36-22-7-2-6-20(16-22)26(33)32-18-21(17-24(32)27(34)30-12-5-10-29-11-13-30)31(19-23-8-3-14-37-23)28(35)25-9-4-15-38-25/h2,4,6-7,9,15-16,21,23-24,29H,3,5,8,10-14,17-19H2,1H3. The summed E-state index contributed by atoms with van der Waals surface area (Å²) in [5.74, 6) is 0.244. The van der Waals surface area contributed by atoms with Gasteiger partial charge in [-0.1, -0.05) is 12.1 Å². The Balaban J connectivity index is 1.44. The molecule has 3 aliphatic rings. The lowest BCUT2D eigenvalue weighted by Crippen LogP contribution is -2.48. The molecule has 10 heteroatoms. The molecule has 1 N–H and O–H groups in total. The molecule has 3 atom stereocenters. The summed E-state index contributed by atoms with van der Waals surface area (Å²) in [6, 6.07) is 9.79. The van der Waals surface area contributed by atoms with Gasteiger partial charge in [-0.25, -0.2) is 0 Å². The third-order valence-electron chi connectivity index (χ3n) is 7.65. The Hall–Kier alpha value is -2.95. The Morgan fingerprint density at radius 2 is 2.05 bits per heavy atom. The molecule has 3 saturated heterocycles. The van der Waals surface area contributed by atoms with Crippen molar-refractivity contribution in [1.29, 1.82) is 0 Å². The van der Waals surface area contributed by atoms with Crippen LogP contribution in [-0.2, 0) is 9.53 Å². The molecule has 0 saturated carbocycles. The van der Waals surface area contributed by atoms with Crippen LogP contribution in [0.4, 0.5) is 0 Å². The second-order valence-corrected chi connectivity index (χ2v) is 11.0. The van der Waals surface area contributed by atoms with Gasteiger partial charge in [0.2, 0.25) is 5.91 Å². The molecule has 0 bridgehead atoms. The van der Waals surface area contributed by atoms with Crippen LogP contribution < -0.4 is 10.1 Å². The van der Waals surface area contributed by atoms with Gasteiger partial charge in [-0.2, -0.15) is 0 Å². The van der Waals surface area contributed by atoms with Crippen LogP contribution in [0.2, 0.25) is 0 Å². The molecule has 5 rings (SSSR count). The number of thiophene rings is 1. The van der Waals surface area contributed by atoms with E-state index in [1.807, 2.05) is 27.3 Å². The Labute approximate surface area is 227 Å². The van der Waals surface area contributed by atoms with Crippen LogP contribution in [0, 0.1) is 0 Å². The highest BCUT2D eigenvalue weighted by Crippen LogP contribution is 2.30. The lowest BCUT2D eigenvalue weighted by molar-refractivity contribution is -0.135. The van der Waals surface area contributed by atoms with Gasteiger partial charge in [-0.15, -0.1) is 11.3 Å². The quantitative estimate of drug-likeness (QED) is 0.580. The Kier molecular flexibility index (Phi) is 8.61. The minimum absolute atomic E-state index is 0.0344. The Morgan fingerprint density at radius 1 is 1.16 bits per heavy atom. The van der Waals surface area contributed by atoms with Crippen molar-refractivity contribution in [3.8, 4) is 5.75 Å². The number of benzene rings is 1. The van der Waals surface area contributed by atoms with E-state index in [1.165, 1.54) is 11.3 Å². The SMILES string of the molecule is COc1cccc(C(=O)N2CC(N(CC3CCCO3)C(=O)c3cccs3)CC2C(=O)N2CCCNCC2)c1. The van der Waals surface area contributed by atoms with Gasteiger partial charge in [0, 0.05) is 44.9 Å². The molecule has 1 aromatic carbocycles. The molecule has 204 valence electrons. The average molecular weight is 541 g/mol. The molecule has 0 radical (unpaired) electrons. The van der Waals surface area contributed by atoms with Crippen molar-refractivity contribution in [2.75, 3.05) is 53.0 Å². The van der Waals surface area contributed by atoms with Crippen molar-refractivity contribution in [3.63, 3.8) is 0 Å². The minimum atomic E-state index is -0.639. The van der Waals surface area contributed by atoms with E-state index < -0.39 is 6.04 Å². The second kappa shape index (κ2) is 12.3. The van der Waals surface area contributed by atoms with Crippen LogP contribution in [0.3, 0.4) is 0 Å². The molecule has 4 heterocycles. The Morgan fingerprint density at radius 3 is 2.82 bits per heavy atom. The first-order valence-corrected chi connectivity index (χ1v) is 14.3. The maximum atomic E-state index is 13.9. The lowest BCUT2D eigenvalue weighted by Gasteiger charge is -2.31. The van der Waals surface area contributed by atoms with Gasteiger partial charge < -0.3 is 29.5 Å². The number of carbonyl (C=O) groups excluding carboxylic acids is 3. The molecule has 9 nitrogen and oxygen atoms in total. The lowest BCUT2D eigenvalue weighted by atomic mass is 10.1. The van der Waals surface area contributed by atoms with Crippen LogP contribution in [0.1, 0.15) is 45.7 Å². The van der Waals surface area contributed by atoms with Crippen LogP contribution >= 0.6 is 11.3 Å². The summed E-state index contributed by atoms with van der Waals surface area (Å²) in [5, 5.41) is 5.23. The molecule has 0 spiro atoms. The topological polar surface area (TPSA) is 91.4 Å². The Bertz CT molecular complexity index is 1110. The highest BCUT2D eigenvalue weighted by Gasteiger charge is 2.45. The zero-order valence-electron chi connectivity index (χ0n) is 21.8. The number of ether oxygens (including phenoxy) is 2. The molecule has 2 aromatic rings. The summed E-state index contributed by atoms with van der Waals surface area (Å²) in [6.45, 7) is 4.30. The summed E-state index contributed by atoms with van der Waals surface area (Å²) < 4.78 is 11.2. The van der Waals surface area contributed by atoms with Crippen molar-refractivity contribution in [3.05, 3.63) is 52.2 Å². The van der Waals surface area contributed by atoms with Crippen molar-refractivity contribution in [2.45, 2.75) is 43.9 Å². The number of likely N-dealkylation sites (tertiary alicyclic amines) is 1. The number of hydrogen-bond acceptors (Lipinski definition) is 7. The van der Waals surface area contributed by atoms with E-state index in [0.717, 1.165) is 32.4 Å². The average Bonchev–Trinajstić information content (AvgIpc) is 3.71. The molecule has 3 unspecified atom stereocenters. The highest BCUT2D eigenvalue weighted by atomic mass is 32.1. The number of rotatable bonds is 7. The van der Waals surface area contributed by atoms with Crippen LogP contribution in [0.25, 0.3) is 0 Å². The monoisotopic (exact) mass is 540 g/mol. The van der Waals surface area contributed by atoms with Gasteiger partial charge in [0.15, 0.2) is 0 Å². The normalized spacial score (nSPS) is 23.8. The zero-order chi connectivity index (χ0) is 26.5. The maximum absolute atomic E-state index is 13.9. The predicted molar refractivity (Wildman–Crippen MR) is 145 cm³/mol. The molecule has 3 amide bonds. The highest BCUT2D eigenvalue weighted by molar-refractivity contribution is 7.12. The predicted octanol–water partition coefficient (Wildman–Crippen LogP) is 2.48. The number of nitrogens with one attached hydrogen (secondary N) is 1. The molecule has 1 aromatic heterocycles. The van der Waals surface area contributed by atoms with Crippen molar-refractivity contribution < 1.29 is 23.9 Å². The fraction of sp³-hybridized carbons (Fsp3) is 0.536. The number of nitrogens with zero attached hydrogens (tertiary/aromatic N) is 3. The van der Waals surface area contributed by atoms with Gasteiger partial charge in [0.1, 0.15) is 11.8 Å². The molecule has 3 fully saturated rings. The largest absolute Gasteiger partial charge is 0.497 e. The van der Waals surface area contributed by atoms with Gasteiger partial charge in [-0.3, -0.25) is 14.4 Å². The van der Waals surface area contributed by atoms with E-state index in [2.05, 4.69) is 5.32 Å². The first-order valence-electron chi connectivity index (χ1n) is 13.5. The van der Waals surface area contributed by atoms with Crippen LogP contribution in [-0.4, -0.2) is 104 Å².